The summed E-state index contributed by atoms with van der Waals surface area (Å²) in [6.07, 6.45) is 10.2. The Kier molecular flexibility index (Phi) is 24.2. The summed E-state index contributed by atoms with van der Waals surface area (Å²) >= 11 is 8.57. The first-order valence-corrected chi connectivity index (χ1v) is 53.2. The lowest BCUT2D eigenvalue weighted by Crippen LogP contribution is -2.44. The van der Waals surface area contributed by atoms with Crippen LogP contribution in [0.1, 0.15) is 373 Å². The van der Waals surface area contributed by atoms with Crippen molar-refractivity contribution in [2.24, 2.45) is 0 Å². The fourth-order valence-electron chi connectivity index (χ4n) is 27.4. The number of aliphatic hydroxyl groups excluding tert-OH is 3. The molecule has 3 N–H and O–H groups in total. The molecule has 0 saturated carbocycles. The van der Waals surface area contributed by atoms with E-state index in [4.69, 9.17) is 21.4 Å². The average molecular weight is 2010 g/mol. The van der Waals surface area contributed by atoms with Gasteiger partial charge in [0.25, 0.3) is 0 Å². The zero-order valence-electron chi connectivity index (χ0n) is 91.3. The summed E-state index contributed by atoms with van der Waals surface area (Å²) in [7, 11) is 0. The smallest absolute Gasteiger partial charge is 0.330 e. The zero-order chi connectivity index (χ0) is 105. The maximum atomic E-state index is 11.5. The second-order valence-electron chi connectivity index (χ2n) is 49.2. The third-order valence-corrected chi connectivity index (χ3v) is 35.9. The van der Waals surface area contributed by atoms with Crippen molar-refractivity contribution in [2.75, 3.05) is 46.0 Å². The Morgan fingerprint density at radius 2 is 0.538 bits per heavy atom. The number of aliphatic hydroxyl groups is 3. The number of carbonyl (C=O) groups excluding carboxylic acids is 2. The van der Waals surface area contributed by atoms with Crippen LogP contribution in [0.5, 0.6) is 0 Å². The molecule has 0 saturated heterocycles. The number of anilines is 12. The van der Waals surface area contributed by atoms with Gasteiger partial charge in [0.05, 0.1) is 74.9 Å². The minimum absolute atomic E-state index is 0.0424. The molecule has 0 atom stereocenters. The van der Waals surface area contributed by atoms with Crippen molar-refractivity contribution in [3.05, 3.63) is 370 Å². The van der Waals surface area contributed by atoms with Gasteiger partial charge in [-0.25, -0.2) is 4.79 Å². The average Bonchev–Trinajstić information content (AvgIpc) is 0.675. The number of halogens is 2. The van der Waals surface area contributed by atoms with Gasteiger partial charge in [0.2, 0.25) is 5.24 Å². The number of allylic oxidation sites excluding steroid dienone is 1. The van der Waals surface area contributed by atoms with Crippen LogP contribution in [-0.2, 0) is 86.7 Å². The summed E-state index contributed by atoms with van der Waals surface area (Å²) in [6, 6.07) is 57.7. The van der Waals surface area contributed by atoms with Crippen molar-refractivity contribution >= 4 is 107 Å². The predicted octanol–water partition coefficient (Wildman–Crippen LogP) is 31.8. The summed E-state index contributed by atoms with van der Waals surface area (Å²) in [5.41, 5.74) is 63.9. The van der Waals surface area contributed by atoms with E-state index in [1.54, 1.807) is 0 Å². The Bertz CT molecular complexity index is 7280. The molecule has 10 nitrogen and oxygen atoms in total. The molecule has 0 amide bonds. The summed E-state index contributed by atoms with van der Waals surface area (Å²) in [5.74, 6) is 8.11. The highest BCUT2D eigenvalue weighted by Crippen LogP contribution is 2.73. The monoisotopic (exact) mass is 2010 g/mol. The molecule has 24 rings (SSSR count). The number of aryl methyl sites for hydroxylation is 10. The van der Waals surface area contributed by atoms with E-state index < -0.39 is 5.24 Å². The fourth-order valence-corrected chi connectivity index (χ4v) is 27.8. The van der Waals surface area contributed by atoms with Crippen LogP contribution in [0.2, 0.25) is 0 Å². The molecular formula is C133H144BrClN4O6. The normalized spacial score (nSPS) is 17.9. The highest BCUT2D eigenvalue weighted by atomic mass is 79.9. The van der Waals surface area contributed by atoms with Gasteiger partial charge in [-0.05, 0) is 268 Å². The van der Waals surface area contributed by atoms with Gasteiger partial charge in [-0.15, -0.1) is 6.42 Å². The molecule has 0 bridgehead atoms. The van der Waals surface area contributed by atoms with Gasteiger partial charge in [-0.2, -0.15) is 0 Å². The Labute approximate surface area is 876 Å². The summed E-state index contributed by atoms with van der Waals surface area (Å²) in [6.45, 7) is 79.9. The first kappa shape index (κ1) is 102. The molecule has 0 aliphatic carbocycles. The zero-order valence-corrected chi connectivity index (χ0v) is 93.7. The molecule has 12 aliphatic heterocycles. The molecule has 0 spiro atoms. The number of terminal acetylenes is 1. The van der Waals surface area contributed by atoms with Crippen LogP contribution in [0.4, 0.5) is 68.2 Å². The molecule has 12 heteroatoms. The van der Waals surface area contributed by atoms with Crippen LogP contribution in [0.25, 0.3) is 0 Å². The first-order valence-electron chi connectivity index (χ1n) is 52.0. The van der Waals surface area contributed by atoms with Crippen molar-refractivity contribution in [1.29, 1.82) is 0 Å². The van der Waals surface area contributed by atoms with Crippen LogP contribution in [-0.4, -0.2) is 53.0 Å². The molecule has 0 aromatic heterocycles. The molecule has 746 valence electrons. The SMILES string of the molecule is C#CCO.C=CC(=O)Cl.C=CC(=O)OCCCc1cc2c3c(c1)C(C)(C)c1cc(C)cc4c1N3c1c(cc(C)cc1C2(C)C)C4(C)C.Cc1cc2c3c(c1)C(C)(C)c1cc(Br)cc4c1N3c1c(cc(C)cc1C4(C)C)C2(C)C.Cc1cc2c3c(c1)C(C)(C)c1cc(C#CCO)cc4c1N3c1c(cc(C)cc1C4(C)C)C2(C)C.Cc1cc2c3c(c1)C(C)(C)c1cc(CCCO)cc4c1N3c1c(cc(C)cc1C4(C)C)C2C. The number of benzene rings is 12. The minimum Gasteiger partial charge on any atom is -0.463 e. The van der Waals surface area contributed by atoms with E-state index in [0.29, 0.717) is 12.5 Å². The van der Waals surface area contributed by atoms with Gasteiger partial charge in [0, 0.05) is 88.2 Å². The van der Waals surface area contributed by atoms with Gasteiger partial charge in [-0.1, -0.05) is 372 Å². The molecule has 12 aliphatic rings. The Morgan fingerprint density at radius 1 is 0.338 bits per heavy atom. The molecule has 0 unspecified atom stereocenters. The quantitative estimate of drug-likeness (QED) is 0.0424. The Balaban J connectivity index is 0.000000119. The van der Waals surface area contributed by atoms with Crippen LogP contribution in [0.15, 0.2) is 175 Å². The van der Waals surface area contributed by atoms with Gasteiger partial charge in [-0.3, -0.25) is 4.79 Å². The summed E-state index contributed by atoms with van der Waals surface area (Å²) in [5, 5.41) is 26.0. The third-order valence-electron chi connectivity index (χ3n) is 35.3. The van der Waals surface area contributed by atoms with Crippen LogP contribution >= 0.6 is 27.5 Å². The highest BCUT2D eigenvalue weighted by molar-refractivity contribution is 9.10. The topological polar surface area (TPSA) is 117 Å². The molecule has 0 radical (unpaired) electrons. The van der Waals surface area contributed by atoms with Gasteiger partial charge in [0.15, 0.2) is 0 Å². The van der Waals surface area contributed by atoms with Crippen LogP contribution in [0, 0.1) is 79.6 Å². The highest BCUT2D eigenvalue weighted by Gasteiger charge is 2.58. The van der Waals surface area contributed by atoms with Crippen molar-refractivity contribution in [3.63, 3.8) is 0 Å². The number of nitrogens with zero attached hydrogens (tertiary/aromatic N) is 4. The maximum Gasteiger partial charge on any atom is 0.330 e. The van der Waals surface area contributed by atoms with Crippen LogP contribution < -0.4 is 19.6 Å². The number of rotatable bonds is 9. The van der Waals surface area contributed by atoms with E-state index in [1.165, 1.54) is 268 Å². The fraction of sp³-hybridized carbons (Fsp3) is 0.383. The molecule has 12 aromatic rings. The number of hydrogen-bond donors (Lipinski definition) is 3. The van der Waals surface area contributed by atoms with Crippen molar-refractivity contribution in [3.8, 4) is 24.2 Å². The number of carbonyl (C=O) groups is 2. The predicted molar refractivity (Wildman–Crippen MR) is 607 cm³/mol. The van der Waals surface area contributed by atoms with E-state index in [9.17, 15) is 19.8 Å². The first-order chi connectivity index (χ1) is 67.8. The standard InChI is InChI=1S/C35H39NO2.C32H33NO.C31H35NO.C29H30BrN.C3H3ClO.C3H4O/c1-10-29(37)38-13-11-12-22-18-27-32-28(19-22)35(8,9)26-17-21(3)15-24-31(26)36(32)30-23(33(24,4)5)14-20(2)16-25(30)34(27,6)7;1-18-12-21-27-23(14-18)31(5,6)25-16-20(10-9-11-34)17-26-29(25)33(27)28-22(30(21,3)4)13-19(2)15-24(28)32(26,7)8;1-17-11-21-19(3)22-12-18(2)14-24-28(22)32-27(21)23(13-17)30(4,5)25-15-20(9-8-10-33)16-26(29(25)32)31(24,6)7;1-15-9-18-24-20(11-15)28(5,6)22-13-17(30)14-23-26(22)31(24)25-19(27(18,3)4)10-16(2)12-21(25)29(23,7)8;1-2-3(4)5;1-2-3-4/h10,14-19H,1,11-13H2,2-9H3;12-17,34H,11H2,1-8H3;11-16,19,33H,8-10H2,1-7H3;9-14H,1-8H3;2H,1H2;1,4H,3H2. The minimum atomic E-state index is -0.509. The van der Waals surface area contributed by atoms with E-state index in [-0.39, 0.29) is 85.4 Å². The van der Waals surface area contributed by atoms with Crippen molar-refractivity contribution in [2.45, 2.75) is 306 Å². The largest absolute Gasteiger partial charge is 0.463 e. The molecular weight excluding hydrogens is 1860 g/mol. The number of ether oxygens (including phenoxy) is 1. The van der Waals surface area contributed by atoms with E-state index in [1.807, 2.05) is 5.92 Å². The lowest BCUT2D eigenvalue weighted by atomic mass is 9.60. The Hall–Kier alpha value is -11.8. The molecule has 12 heterocycles. The number of hydrogen-bond acceptors (Lipinski definition) is 10. The van der Waals surface area contributed by atoms with E-state index in [0.717, 1.165) is 37.3 Å². The second kappa shape index (κ2) is 34.4. The lowest BCUT2D eigenvalue weighted by molar-refractivity contribution is -0.137. The van der Waals surface area contributed by atoms with Gasteiger partial charge < -0.3 is 39.7 Å². The Morgan fingerprint density at radius 3 is 0.752 bits per heavy atom. The summed E-state index contributed by atoms with van der Waals surface area (Å²) < 4.78 is 6.46. The van der Waals surface area contributed by atoms with Gasteiger partial charge >= 0.3 is 5.97 Å². The third kappa shape index (κ3) is 14.9. The van der Waals surface area contributed by atoms with Crippen molar-refractivity contribution < 1.29 is 29.6 Å². The van der Waals surface area contributed by atoms with E-state index in [2.05, 4.69) is 427 Å². The maximum absolute atomic E-state index is 11.5. The van der Waals surface area contributed by atoms with Gasteiger partial charge in [0.1, 0.15) is 13.2 Å². The second-order valence-corrected chi connectivity index (χ2v) is 50.5. The van der Waals surface area contributed by atoms with E-state index >= 15 is 0 Å². The summed E-state index contributed by atoms with van der Waals surface area (Å²) in [4.78, 5) is 31.5. The molecule has 145 heavy (non-hydrogen) atoms. The number of esters is 1. The van der Waals surface area contributed by atoms with Crippen LogP contribution in [0.3, 0.4) is 0 Å². The molecule has 0 fully saturated rings. The van der Waals surface area contributed by atoms with Crippen molar-refractivity contribution in [1.82, 2.24) is 0 Å². The molecule has 12 aromatic carbocycles. The lowest BCUT2D eigenvalue weighted by Gasteiger charge is -2.55.